The molecule has 1 saturated heterocycles. The number of hydrogen-bond donors (Lipinski definition) is 1. The summed E-state index contributed by atoms with van der Waals surface area (Å²) in [5.41, 5.74) is 1.06. The Morgan fingerprint density at radius 3 is 2.57 bits per heavy atom. The maximum atomic E-state index is 12.6. The Kier molecular flexibility index (Phi) is 7.06. The van der Waals surface area contributed by atoms with Gasteiger partial charge in [-0.15, -0.1) is 0 Å². The van der Waals surface area contributed by atoms with E-state index in [1.807, 2.05) is 48.2 Å². The lowest BCUT2D eigenvalue weighted by Crippen LogP contribution is -2.41. The Labute approximate surface area is 166 Å². The van der Waals surface area contributed by atoms with E-state index in [0.717, 1.165) is 37.9 Å². The second-order valence-corrected chi connectivity index (χ2v) is 7.23. The van der Waals surface area contributed by atoms with Crippen LogP contribution in [0, 0.1) is 5.92 Å². The van der Waals surface area contributed by atoms with Crippen LogP contribution in [0.25, 0.3) is 6.08 Å². The Bertz CT molecular complexity index is 775. The van der Waals surface area contributed by atoms with E-state index in [1.54, 1.807) is 24.5 Å². The van der Waals surface area contributed by atoms with Crippen molar-refractivity contribution in [2.45, 2.75) is 32.1 Å². The first-order valence-corrected chi connectivity index (χ1v) is 10.0. The monoisotopic (exact) mass is 380 g/mol. The molecule has 2 heterocycles. The minimum absolute atomic E-state index is 0.00834. The second-order valence-electron chi connectivity index (χ2n) is 7.23. The summed E-state index contributed by atoms with van der Waals surface area (Å²) in [5.74, 6) is 1.09. The highest BCUT2D eigenvalue weighted by Crippen LogP contribution is 2.21. The van der Waals surface area contributed by atoms with Gasteiger partial charge in [0.1, 0.15) is 5.76 Å². The molecule has 0 saturated carbocycles. The molecule has 0 radical (unpaired) electrons. The van der Waals surface area contributed by atoms with E-state index in [1.165, 1.54) is 0 Å². The van der Waals surface area contributed by atoms with Crippen molar-refractivity contribution in [3.05, 3.63) is 66.1 Å². The van der Waals surface area contributed by atoms with E-state index in [0.29, 0.717) is 18.2 Å². The van der Waals surface area contributed by atoms with Crippen LogP contribution in [0.15, 0.2) is 59.2 Å². The molecule has 1 N–H and O–H groups in total. The van der Waals surface area contributed by atoms with Crippen LogP contribution in [-0.4, -0.2) is 36.3 Å². The van der Waals surface area contributed by atoms with Crippen molar-refractivity contribution in [1.82, 2.24) is 10.2 Å². The molecule has 1 aromatic heterocycles. The minimum atomic E-state index is -0.102. The molecule has 28 heavy (non-hydrogen) atoms. The molecule has 1 aliphatic rings. The second kappa shape index (κ2) is 9.93. The van der Waals surface area contributed by atoms with E-state index < -0.39 is 0 Å². The van der Waals surface area contributed by atoms with Crippen molar-refractivity contribution in [3.8, 4) is 0 Å². The number of carbonyl (C=O) groups is 2. The largest absolute Gasteiger partial charge is 0.465 e. The van der Waals surface area contributed by atoms with Gasteiger partial charge in [-0.3, -0.25) is 9.59 Å². The van der Waals surface area contributed by atoms with Crippen LogP contribution in [0.4, 0.5) is 0 Å². The third-order valence-electron chi connectivity index (χ3n) is 5.35. The topological polar surface area (TPSA) is 62.6 Å². The quantitative estimate of drug-likeness (QED) is 0.743. The van der Waals surface area contributed by atoms with Crippen LogP contribution in [-0.2, 0) is 9.59 Å². The van der Waals surface area contributed by atoms with Gasteiger partial charge in [-0.1, -0.05) is 37.3 Å². The molecule has 1 aliphatic heterocycles. The Morgan fingerprint density at radius 2 is 1.93 bits per heavy atom. The number of piperidine rings is 1. The van der Waals surface area contributed by atoms with Crippen LogP contribution in [0.2, 0.25) is 0 Å². The number of carbonyl (C=O) groups excluding carboxylic acids is 2. The van der Waals surface area contributed by atoms with Crippen LogP contribution >= 0.6 is 0 Å². The summed E-state index contributed by atoms with van der Waals surface area (Å²) in [6, 6.07) is 13.5. The van der Waals surface area contributed by atoms with E-state index in [4.69, 9.17) is 4.42 Å². The van der Waals surface area contributed by atoms with E-state index >= 15 is 0 Å². The number of benzene rings is 1. The maximum absolute atomic E-state index is 12.6. The molecule has 2 amide bonds. The molecule has 148 valence electrons. The van der Waals surface area contributed by atoms with Crippen molar-refractivity contribution >= 4 is 17.9 Å². The highest BCUT2D eigenvalue weighted by Gasteiger charge is 2.24. The fraction of sp³-hybridized carbons (Fsp3) is 0.391. The summed E-state index contributed by atoms with van der Waals surface area (Å²) >= 11 is 0. The van der Waals surface area contributed by atoms with E-state index in [-0.39, 0.29) is 17.7 Å². The van der Waals surface area contributed by atoms with Crippen molar-refractivity contribution in [1.29, 1.82) is 0 Å². The highest BCUT2D eigenvalue weighted by atomic mass is 16.3. The standard InChI is InChI=1S/C23H28N2O3/c1-2-21(19-7-4-3-5-8-19)23(27)24-17-18-12-14-25(15-13-18)22(26)11-10-20-9-6-16-28-20/h3-11,16,18,21H,2,12-15,17H2,1H3,(H,24,27)/b11-10+. The predicted molar refractivity (Wildman–Crippen MR) is 110 cm³/mol. The molecule has 3 rings (SSSR count). The lowest BCUT2D eigenvalue weighted by molar-refractivity contribution is -0.128. The van der Waals surface area contributed by atoms with Crippen molar-refractivity contribution < 1.29 is 14.0 Å². The Morgan fingerprint density at radius 1 is 1.18 bits per heavy atom. The summed E-state index contributed by atoms with van der Waals surface area (Å²) in [6.45, 7) is 4.15. The van der Waals surface area contributed by atoms with Crippen LogP contribution in [0.5, 0.6) is 0 Å². The number of nitrogens with zero attached hydrogens (tertiary/aromatic N) is 1. The van der Waals surface area contributed by atoms with Gasteiger partial charge in [-0.25, -0.2) is 0 Å². The summed E-state index contributed by atoms with van der Waals surface area (Å²) in [4.78, 5) is 26.7. The minimum Gasteiger partial charge on any atom is -0.465 e. The first-order chi connectivity index (χ1) is 13.7. The predicted octanol–water partition coefficient (Wildman–Crippen LogP) is 3.84. The fourth-order valence-electron chi connectivity index (χ4n) is 3.63. The number of nitrogens with one attached hydrogen (secondary N) is 1. The molecular formula is C23H28N2O3. The lowest BCUT2D eigenvalue weighted by atomic mass is 9.94. The van der Waals surface area contributed by atoms with Crippen LogP contribution in [0.1, 0.15) is 43.4 Å². The van der Waals surface area contributed by atoms with Crippen molar-refractivity contribution in [3.63, 3.8) is 0 Å². The molecule has 0 spiro atoms. The first-order valence-electron chi connectivity index (χ1n) is 10.0. The molecule has 0 aliphatic carbocycles. The van der Waals surface area contributed by atoms with Gasteiger partial charge in [-0.2, -0.15) is 0 Å². The average molecular weight is 380 g/mol. The summed E-state index contributed by atoms with van der Waals surface area (Å²) < 4.78 is 5.21. The molecule has 5 nitrogen and oxygen atoms in total. The summed E-state index contributed by atoms with van der Waals surface area (Å²) in [7, 11) is 0. The average Bonchev–Trinajstić information content (AvgIpc) is 3.26. The summed E-state index contributed by atoms with van der Waals surface area (Å²) in [5, 5.41) is 3.12. The molecule has 5 heteroatoms. The number of amides is 2. The normalized spacial score (nSPS) is 16.2. The number of hydrogen-bond acceptors (Lipinski definition) is 3. The van der Waals surface area contributed by atoms with Gasteiger partial charge in [0.2, 0.25) is 11.8 Å². The van der Waals surface area contributed by atoms with Gasteiger partial charge in [0.05, 0.1) is 12.2 Å². The molecule has 1 aromatic carbocycles. The molecule has 1 fully saturated rings. The summed E-state index contributed by atoms with van der Waals surface area (Å²) in [6.07, 6.45) is 7.44. The molecule has 1 unspecified atom stereocenters. The molecule has 0 bridgehead atoms. The first kappa shape index (κ1) is 19.9. The van der Waals surface area contributed by atoms with Gasteiger partial charge in [-0.05, 0) is 49.0 Å². The Hall–Kier alpha value is -2.82. The zero-order valence-electron chi connectivity index (χ0n) is 16.3. The molecular weight excluding hydrogens is 352 g/mol. The number of likely N-dealkylation sites (tertiary alicyclic amines) is 1. The number of rotatable bonds is 7. The maximum Gasteiger partial charge on any atom is 0.246 e. The van der Waals surface area contributed by atoms with Gasteiger partial charge < -0.3 is 14.6 Å². The van der Waals surface area contributed by atoms with Gasteiger partial charge in [0, 0.05) is 25.7 Å². The smallest absolute Gasteiger partial charge is 0.246 e. The highest BCUT2D eigenvalue weighted by molar-refractivity contribution is 5.91. The molecule has 2 aromatic rings. The van der Waals surface area contributed by atoms with Gasteiger partial charge in [0.25, 0.3) is 0 Å². The third-order valence-corrected chi connectivity index (χ3v) is 5.35. The molecule has 1 atom stereocenters. The number of furan rings is 1. The van der Waals surface area contributed by atoms with Crippen molar-refractivity contribution in [2.24, 2.45) is 5.92 Å². The van der Waals surface area contributed by atoms with Crippen LogP contribution < -0.4 is 5.32 Å². The van der Waals surface area contributed by atoms with E-state index in [9.17, 15) is 9.59 Å². The fourth-order valence-corrected chi connectivity index (χ4v) is 3.63. The SMILES string of the molecule is CCC(C(=O)NCC1CCN(C(=O)/C=C/c2ccco2)CC1)c1ccccc1. The zero-order chi connectivity index (χ0) is 19.8. The van der Waals surface area contributed by atoms with Gasteiger partial charge in [0.15, 0.2) is 0 Å². The van der Waals surface area contributed by atoms with Crippen LogP contribution in [0.3, 0.4) is 0 Å². The van der Waals surface area contributed by atoms with E-state index in [2.05, 4.69) is 5.32 Å². The third kappa shape index (κ3) is 5.35. The van der Waals surface area contributed by atoms with Gasteiger partial charge >= 0.3 is 0 Å². The zero-order valence-corrected chi connectivity index (χ0v) is 16.3. The Balaban J connectivity index is 1.42. The lowest BCUT2D eigenvalue weighted by Gasteiger charge is -2.31. The van der Waals surface area contributed by atoms with Crippen molar-refractivity contribution in [2.75, 3.05) is 19.6 Å².